The molecule has 1 atom stereocenters. The lowest BCUT2D eigenvalue weighted by Gasteiger charge is -2.08. The van der Waals surface area contributed by atoms with Crippen molar-refractivity contribution in [3.63, 3.8) is 0 Å². The van der Waals surface area contributed by atoms with Crippen molar-refractivity contribution in [3.05, 3.63) is 29.6 Å². The Morgan fingerprint density at radius 3 is 2.93 bits per heavy atom. The highest BCUT2D eigenvalue weighted by atomic mass is 19.1. The van der Waals surface area contributed by atoms with Gasteiger partial charge in [-0.25, -0.2) is 4.39 Å². The first kappa shape index (κ1) is 11.5. The van der Waals surface area contributed by atoms with Crippen LogP contribution in [0.5, 0.6) is 5.75 Å². The largest absolute Gasteiger partial charge is 0.492 e. The minimum Gasteiger partial charge on any atom is -0.492 e. The van der Waals surface area contributed by atoms with Crippen molar-refractivity contribution in [1.29, 1.82) is 5.26 Å². The van der Waals surface area contributed by atoms with Crippen molar-refractivity contribution >= 4 is 0 Å². The number of benzene rings is 1. The van der Waals surface area contributed by atoms with E-state index in [2.05, 4.69) is 0 Å². The molecule has 0 radical (unpaired) electrons. The fraction of sp³-hybridized carbons (Fsp3) is 0.364. The highest BCUT2D eigenvalue weighted by molar-refractivity contribution is 5.43. The zero-order valence-corrected chi connectivity index (χ0v) is 8.40. The molecule has 0 saturated heterocycles. The molecule has 0 amide bonds. The third-order valence-electron chi connectivity index (χ3n) is 1.88. The van der Waals surface area contributed by atoms with Crippen molar-refractivity contribution in [2.75, 3.05) is 6.61 Å². The average Bonchev–Trinajstić information content (AvgIpc) is 2.17. The van der Waals surface area contributed by atoms with Crippen LogP contribution in [0.3, 0.4) is 0 Å². The topological polar surface area (TPSA) is 53.2 Å². The molecule has 1 unspecified atom stereocenters. The number of nitrogens with zero attached hydrogens (tertiary/aromatic N) is 1. The summed E-state index contributed by atoms with van der Waals surface area (Å²) in [5.41, 5.74) is -0.0944. The number of halogens is 1. The molecular weight excluding hydrogens is 197 g/mol. The van der Waals surface area contributed by atoms with Crippen molar-refractivity contribution in [3.8, 4) is 11.8 Å². The van der Waals surface area contributed by atoms with Gasteiger partial charge in [0, 0.05) is 6.42 Å². The molecule has 0 aromatic heterocycles. The maximum Gasteiger partial charge on any atom is 0.144 e. The standard InChI is InChI=1S/C11H12FNO2/c1-8(14)5-6-15-11-4-2-3-10(12)9(11)7-13/h2-4,8,14H,5-6H2,1H3. The second kappa shape index (κ2) is 5.32. The Kier molecular flexibility index (Phi) is 4.07. The molecule has 80 valence electrons. The summed E-state index contributed by atoms with van der Waals surface area (Å²) < 4.78 is 18.3. The Morgan fingerprint density at radius 2 is 2.33 bits per heavy atom. The van der Waals surface area contributed by atoms with Crippen LogP contribution in [-0.4, -0.2) is 17.8 Å². The molecule has 0 heterocycles. The number of aliphatic hydroxyl groups excluding tert-OH is 1. The minimum atomic E-state index is -0.591. The van der Waals surface area contributed by atoms with Crippen LogP contribution in [0.25, 0.3) is 0 Å². The number of hydrogen-bond acceptors (Lipinski definition) is 3. The van der Waals surface area contributed by atoms with Crippen LogP contribution in [0.15, 0.2) is 18.2 Å². The predicted molar refractivity (Wildman–Crippen MR) is 52.9 cm³/mol. The van der Waals surface area contributed by atoms with Gasteiger partial charge in [0.1, 0.15) is 23.2 Å². The summed E-state index contributed by atoms with van der Waals surface area (Å²) in [4.78, 5) is 0. The molecule has 4 heteroatoms. The molecule has 1 N–H and O–H groups in total. The second-order valence-corrected chi connectivity index (χ2v) is 3.21. The van der Waals surface area contributed by atoms with Crippen molar-refractivity contribution in [2.45, 2.75) is 19.4 Å². The Labute approximate surface area is 87.7 Å². The Bertz CT molecular complexity index is 371. The first-order valence-electron chi connectivity index (χ1n) is 4.64. The van der Waals surface area contributed by atoms with Gasteiger partial charge in [0.2, 0.25) is 0 Å². The number of hydrogen-bond donors (Lipinski definition) is 1. The van der Waals surface area contributed by atoms with E-state index in [-0.39, 0.29) is 17.9 Å². The maximum absolute atomic E-state index is 13.1. The van der Waals surface area contributed by atoms with E-state index in [9.17, 15) is 4.39 Å². The number of nitriles is 1. The van der Waals surface area contributed by atoms with E-state index in [0.29, 0.717) is 6.42 Å². The van der Waals surface area contributed by atoms with Gasteiger partial charge in [0.25, 0.3) is 0 Å². The van der Waals surface area contributed by atoms with Crippen LogP contribution in [0.2, 0.25) is 0 Å². The predicted octanol–water partition coefficient (Wildman–Crippen LogP) is 1.85. The molecule has 1 rings (SSSR count). The first-order chi connectivity index (χ1) is 7.15. The van der Waals surface area contributed by atoms with E-state index >= 15 is 0 Å². The summed E-state index contributed by atoms with van der Waals surface area (Å²) in [6, 6.07) is 5.96. The molecule has 0 aliphatic carbocycles. The van der Waals surface area contributed by atoms with Gasteiger partial charge in [-0.15, -0.1) is 0 Å². The minimum absolute atomic E-state index is 0.0944. The van der Waals surface area contributed by atoms with Crippen LogP contribution in [0, 0.1) is 17.1 Å². The van der Waals surface area contributed by atoms with Gasteiger partial charge in [0.15, 0.2) is 0 Å². The lowest BCUT2D eigenvalue weighted by Crippen LogP contribution is -2.08. The van der Waals surface area contributed by atoms with Crippen LogP contribution >= 0.6 is 0 Å². The average molecular weight is 209 g/mol. The number of ether oxygens (including phenoxy) is 1. The Morgan fingerprint density at radius 1 is 1.60 bits per heavy atom. The summed E-state index contributed by atoms with van der Waals surface area (Å²) in [6.45, 7) is 1.90. The van der Waals surface area contributed by atoms with E-state index < -0.39 is 11.9 Å². The summed E-state index contributed by atoms with van der Waals surface area (Å²) >= 11 is 0. The van der Waals surface area contributed by atoms with E-state index in [4.69, 9.17) is 15.1 Å². The van der Waals surface area contributed by atoms with Gasteiger partial charge in [0.05, 0.1) is 12.7 Å². The zero-order chi connectivity index (χ0) is 11.3. The SMILES string of the molecule is CC(O)CCOc1cccc(F)c1C#N. The van der Waals surface area contributed by atoms with Gasteiger partial charge in [-0.05, 0) is 19.1 Å². The van der Waals surface area contributed by atoms with Gasteiger partial charge in [-0.2, -0.15) is 5.26 Å². The highest BCUT2D eigenvalue weighted by Gasteiger charge is 2.08. The Hall–Kier alpha value is -1.60. The summed E-state index contributed by atoms with van der Waals surface area (Å²) in [5, 5.41) is 17.7. The van der Waals surface area contributed by atoms with E-state index in [1.807, 2.05) is 0 Å². The number of rotatable bonds is 4. The molecule has 1 aromatic rings. The van der Waals surface area contributed by atoms with E-state index in [1.54, 1.807) is 13.0 Å². The van der Waals surface area contributed by atoms with Gasteiger partial charge < -0.3 is 9.84 Å². The molecular formula is C11H12FNO2. The molecule has 3 nitrogen and oxygen atoms in total. The Balaban J connectivity index is 2.69. The smallest absolute Gasteiger partial charge is 0.144 e. The van der Waals surface area contributed by atoms with Gasteiger partial charge in [-0.3, -0.25) is 0 Å². The fourth-order valence-electron chi connectivity index (χ4n) is 1.07. The third kappa shape index (κ3) is 3.22. The van der Waals surface area contributed by atoms with Crippen LogP contribution in [0.4, 0.5) is 4.39 Å². The van der Waals surface area contributed by atoms with Gasteiger partial charge in [-0.1, -0.05) is 6.07 Å². The molecule has 0 aliphatic heterocycles. The van der Waals surface area contributed by atoms with Crippen LogP contribution in [-0.2, 0) is 0 Å². The molecule has 15 heavy (non-hydrogen) atoms. The first-order valence-corrected chi connectivity index (χ1v) is 4.64. The molecule has 0 bridgehead atoms. The normalized spacial score (nSPS) is 11.9. The van der Waals surface area contributed by atoms with Crippen LogP contribution in [0.1, 0.15) is 18.9 Å². The van der Waals surface area contributed by atoms with E-state index in [1.165, 1.54) is 18.2 Å². The van der Waals surface area contributed by atoms with Crippen LogP contribution < -0.4 is 4.74 Å². The van der Waals surface area contributed by atoms with E-state index in [0.717, 1.165) is 0 Å². The van der Waals surface area contributed by atoms with Crippen molar-refractivity contribution in [1.82, 2.24) is 0 Å². The molecule has 0 spiro atoms. The monoisotopic (exact) mass is 209 g/mol. The lowest BCUT2D eigenvalue weighted by atomic mass is 10.2. The molecule has 0 fully saturated rings. The lowest BCUT2D eigenvalue weighted by molar-refractivity contribution is 0.155. The summed E-state index contributed by atoms with van der Waals surface area (Å²) in [7, 11) is 0. The molecule has 0 saturated carbocycles. The highest BCUT2D eigenvalue weighted by Crippen LogP contribution is 2.20. The fourth-order valence-corrected chi connectivity index (χ4v) is 1.07. The second-order valence-electron chi connectivity index (χ2n) is 3.21. The van der Waals surface area contributed by atoms with Crippen molar-refractivity contribution in [2.24, 2.45) is 0 Å². The van der Waals surface area contributed by atoms with Gasteiger partial charge >= 0.3 is 0 Å². The number of aliphatic hydroxyl groups is 1. The summed E-state index contributed by atoms with van der Waals surface area (Å²) in [5.74, 6) is -0.370. The quantitative estimate of drug-likeness (QED) is 0.823. The zero-order valence-electron chi connectivity index (χ0n) is 8.40. The van der Waals surface area contributed by atoms with Crippen molar-refractivity contribution < 1.29 is 14.2 Å². The summed E-state index contributed by atoms with van der Waals surface area (Å²) in [6.07, 6.45) is -0.0226. The molecule has 0 aliphatic rings. The maximum atomic E-state index is 13.1. The molecule has 1 aromatic carbocycles. The third-order valence-corrected chi connectivity index (χ3v) is 1.88.